The first-order valence-corrected chi connectivity index (χ1v) is 8.16. The number of para-hydroxylation sites is 1. The van der Waals surface area contributed by atoms with E-state index >= 15 is 0 Å². The monoisotopic (exact) mass is 339 g/mol. The maximum Gasteiger partial charge on any atom is 0.277 e. The summed E-state index contributed by atoms with van der Waals surface area (Å²) >= 11 is 6.23. The molecule has 1 aromatic carbocycles. The molecule has 0 atom stereocenters. The lowest BCUT2D eigenvalue weighted by Gasteiger charge is -2.34. The highest BCUT2D eigenvalue weighted by atomic mass is 35.5. The first-order chi connectivity index (χ1) is 11.0. The second-order valence-corrected chi connectivity index (χ2v) is 6.20. The molecule has 1 saturated heterocycles. The highest BCUT2D eigenvalue weighted by molar-refractivity contribution is 6.33. The van der Waals surface area contributed by atoms with E-state index in [9.17, 15) is 9.59 Å². The highest BCUT2D eigenvalue weighted by Gasteiger charge is 2.25. The number of hydrogen-bond donors (Lipinski definition) is 2. The van der Waals surface area contributed by atoms with Crippen LogP contribution in [0.25, 0.3) is 0 Å². The van der Waals surface area contributed by atoms with Crippen molar-refractivity contribution in [2.75, 3.05) is 58.3 Å². The van der Waals surface area contributed by atoms with Crippen LogP contribution in [0.2, 0.25) is 5.02 Å². The number of carbonyl (C=O) groups excluding carboxylic acids is 2. The van der Waals surface area contributed by atoms with Gasteiger partial charge in [0.2, 0.25) is 5.91 Å². The van der Waals surface area contributed by atoms with Gasteiger partial charge in [0.05, 0.1) is 43.4 Å². The van der Waals surface area contributed by atoms with Crippen molar-refractivity contribution in [2.24, 2.45) is 0 Å². The van der Waals surface area contributed by atoms with Crippen molar-refractivity contribution in [1.29, 1.82) is 0 Å². The second-order valence-electron chi connectivity index (χ2n) is 5.79. The van der Waals surface area contributed by atoms with Crippen molar-refractivity contribution >= 4 is 29.1 Å². The molecule has 1 heterocycles. The van der Waals surface area contributed by atoms with Crippen molar-refractivity contribution in [3.8, 4) is 0 Å². The van der Waals surface area contributed by atoms with Gasteiger partial charge in [0.1, 0.15) is 0 Å². The summed E-state index contributed by atoms with van der Waals surface area (Å²) < 4.78 is 0. The summed E-state index contributed by atoms with van der Waals surface area (Å²) in [6, 6.07) is 7.83. The Morgan fingerprint density at radius 1 is 1.30 bits per heavy atom. The smallest absolute Gasteiger partial charge is 0.277 e. The minimum Gasteiger partial charge on any atom is -0.359 e. The lowest BCUT2D eigenvalue weighted by atomic mass is 10.2. The summed E-state index contributed by atoms with van der Waals surface area (Å²) in [6.07, 6.45) is 0. The fourth-order valence-corrected chi connectivity index (χ4v) is 2.94. The first-order valence-electron chi connectivity index (χ1n) is 7.79. The van der Waals surface area contributed by atoms with Crippen LogP contribution in [0.15, 0.2) is 24.3 Å². The Bertz CT molecular complexity index is 559. The Balaban J connectivity index is 1.82. The molecule has 2 amide bonds. The third-order valence-electron chi connectivity index (χ3n) is 4.15. The zero-order chi connectivity index (χ0) is 16.8. The zero-order valence-corrected chi connectivity index (χ0v) is 14.4. The molecule has 7 heteroatoms. The Labute approximate surface area is 142 Å². The first kappa shape index (κ1) is 17.6. The fraction of sp³-hybridized carbons (Fsp3) is 0.500. The third-order valence-corrected chi connectivity index (χ3v) is 4.47. The normalized spacial score (nSPS) is 15.3. The molecule has 1 aliphatic heterocycles. The molecule has 0 unspecified atom stereocenters. The van der Waals surface area contributed by atoms with E-state index in [1.807, 2.05) is 24.3 Å². The van der Waals surface area contributed by atoms with Gasteiger partial charge in [-0.1, -0.05) is 23.7 Å². The molecular weight excluding hydrogens is 316 g/mol. The molecule has 2 rings (SSSR count). The number of quaternary nitrogens is 1. The number of nitrogens with one attached hydrogen (secondary N) is 2. The van der Waals surface area contributed by atoms with Crippen LogP contribution < -0.4 is 15.1 Å². The molecule has 1 aliphatic rings. The van der Waals surface area contributed by atoms with Crippen molar-refractivity contribution in [2.45, 2.75) is 0 Å². The molecule has 0 spiro atoms. The van der Waals surface area contributed by atoms with E-state index in [1.165, 1.54) is 9.80 Å². The summed E-state index contributed by atoms with van der Waals surface area (Å²) in [7, 11) is 3.23. The van der Waals surface area contributed by atoms with Crippen LogP contribution in [0.4, 0.5) is 5.69 Å². The maximum atomic E-state index is 12.2. The van der Waals surface area contributed by atoms with Crippen LogP contribution >= 0.6 is 11.6 Å². The van der Waals surface area contributed by atoms with Gasteiger partial charge >= 0.3 is 0 Å². The molecule has 0 radical (unpaired) electrons. The zero-order valence-electron chi connectivity index (χ0n) is 13.6. The number of benzene rings is 1. The average Bonchev–Trinajstić information content (AvgIpc) is 2.56. The van der Waals surface area contributed by atoms with Gasteiger partial charge in [0, 0.05) is 14.1 Å². The predicted octanol–water partition coefficient (Wildman–Crippen LogP) is -0.751. The van der Waals surface area contributed by atoms with Crippen LogP contribution in [0, 0.1) is 0 Å². The molecule has 2 N–H and O–H groups in total. The SMILES string of the molecule is CNC(=O)CN(C)C(=O)C[NH+]1CCN(c2ccccc2Cl)CC1. The third kappa shape index (κ3) is 4.84. The van der Waals surface area contributed by atoms with E-state index in [0.717, 1.165) is 36.9 Å². The number of anilines is 1. The lowest BCUT2D eigenvalue weighted by molar-refractivity contribution is -0.892. The van der Waals surface area contributed by atoms with Gasteiger partial charge in [-0.15, -0.1) is 0 Å². The number of rotatable bonds is 5. The minimum atomic E-state index is -0.153. The molecule has 1 fully saturated rings. The Kier molecular flexibility index (Phi) is 6.24. The van der Waals surface area contributed by atoms with Gasteiger partial charge in [0.25, 0.3) is 5.91 Å². The van der Waals surface area contributed by atoms with E-state index in [0.29, 0.717) is 6.54 Å². The summed E-state index contributed by atoms with van der Waals surface area (Å²) in [5.41, 5.74) is 1.05. The molecule has 0 aliphatic carbocycles. The standard InChI is InChI=1S/C16H23ClN4O2/c1-18-15(22)11-19(2)16(23)12-20-7-9-21(10-8-20)14-6-4-3-5-13(14)17/h3-6H,7-12H2,1-2H3,(H,18,22)/p+1. The largest absolute Gasteiger partial charge is 0.359 e. The van der Waals surface area contributed by atoms with Gasteiger partial charge in [0.15, 0.2) is 6.54 Å². The molecular formula is C16H24ClN4O2+. The number of amides is 2. The summed E-state index contributed by atoms with van der Waals surface area (Å²) in [4.78, 5) is 28.4. The summed E-state index contributed by atoms with van der Waals surface area (Å²) in [6.45, 7) is 4.02. The van der Waals surface area contributed by atoms with Crippen molar-refractivity contribution in [3.63, 3.8) is 0 Å². The van der Waals surface area contributed by atoms with Crippen molar-refractivity contribution in [1.82, 2.24) is 10.2 Å². The van der Waals surface area contributed by atoms with Crippen molar-refractivity contribution < 1.29 is 14.5 Å². The topological polar surface area (TPSA) is 57.1 Å². The van der Waals surface area contributed by atoms with E-state index in [1.54, 1.807) is 14.1 Å². The van der Waals surface area contributed by atoms with Gasteiger partial charge in [-0.2, -0.15) is 0 Å². The van der Waals surface area contributed by atoms with E-state index in [4.69, 9.17) is 11.6 Å². The molecule has 0 aromatic heterocycles. The fourth-order valence-electron chi connectivity index (χ4n) is 2.68. The van der Waals surface area contributed by atoms with Crippen molar-refractivity contribution in [3.05, 3.63) is 29.3 Å². The molecule has 0 bridgehead atoms. The number of nitrogens with zero attached hydrogens (tertiary/aromatic N) is 2. The second kappa shape index (κ2) is 8.17. The quantitative estimate of drug-likeness (QED) is 0.742. The van der Waals surface area contributed by atoms with Crippen LogP contribution in [-0.4, -0.2) is 70.1 Å². The number of carbonyl (C=O) groups is 2. The number of halogens is 1. The maximum absolute atomic E-state index is 12.2. The van der Waals surface area contributed by atoms with Gasteiger partial charge in [-0.25, -0.2) is 0 Å². The lowest BCUT2D eigenvalue weighted by Crippen LogP contribution is -3.15. The van der Waals surface area contributed by atoms with Crippen LogP contribution in [-0.2, 0) is 9.59 Å². The Hall–Kier alpha value is -1.79. The van der Waals surface area contributed by atoms with Gasteiger partial charge in [-0.3, -0.25) is 9.59 Å². The number of hydrogen-bond acceptors (Lipinski definition) is 3. The predicted molar refractivity (Wildman–Crippen MR) is 90.9 cm³/mol. The van der Waals surface area contributed by atoms with Crippen LogP contribution in [0.1, 0.15) is 0 Å². The molecule has 126 valence electrons. The molecule has 23 heavy (non-hydrogen) atoms. The van der Waals surface area contributed by atoms with Gasteiger partial charge in [-0.05, 0) is 12.1 Å². The Morgan fingerprint density at radius 2 is 1.96 bits per heavy atom. The van der Waals surface area contributed by atoms with Crippen LogP contribution in [0.3, 0.4) is 0 Å². The van der Waals surface area contributed by atoms with E-state index in [2.05, 4.69) is 10.2 Å². The number of likely N-dealkylation sites (N-methyl/N-ethyl adjacent to an activating group) is 2. The summed E-state index contributed by atoms with van der Waals surface area (Å²) in [5.74, 6) is -0.158. The molecule has 0 saturated carbocycles. The van der Waals surface area contributed by atoms with E-state index < -0.39 is 0 Å². The van der Waals surface area contributed by atoms with Crippen LogP contribution in [0.5, 0.6) is 0 Å². The minimum absolute atomic E-state index is 0.00482. The molecule has 1 aromatic rings. The summed E-state index contributed by atoms with van der Waals surface area (Å²) in [5, 5.41) is 3.29. The van der Waals surface area contributed by atoms with Gasteiger partial charge < -0.3 is 20.0 Å². The average molecular weight is 340 g/mol. The Morgan fingerprint density at radius 3 is 2.57 bits per heavy atom. The highest BCUT2D eigenvalue weighted by Crippen LogP contribution is 2.24. The number of piperazine rings is 1. The van der Waals surface area contributed by atoms with E-state index in [-0.39, 0.29) is 18.4 Å². The molecule has 6 nitrogen and oxygen atoms in total.